The summed E-state index contributed by atoms with van der Waals surface area (Å²) < 4.78 is 11.8. The maximum absolute atomic E-state index is 12.9. The monoisotopic (exact) mass is 330 g/mol. The third-order valence-corrected chi connectivity index (χ3v) is 5.40. The number of fused-ring (bicyclic) bond motifs is 1. The normalized spacial score (nSPS) is 29.9. The summed E-state index contributed by atoms with van der Waals surface area (Å²) in [6, 6.07) is 7.57. The van der Waals surface area contributed by atoms with Crippen molar-refractivity contribution >= 4 is 5.91 Å². The molecule has 4 rings (SSSR count). The Morgan fingerprint density at radius 1 is 1.12 bits per heavy atom. The van der Waals surface area contributed by atoms with E-state index in [1.165, 1.54) is 25.9 Å². The molecular weight excluding hydrogens is 304 g/mol. The lowest BCUT2D eigenvalue weighted by molar-refractivity contribution is -0.143. The number of rotatable bonds is 3. The number of amides is 1. The minimum Gasteiger partial charge on any atom is -0.482 e. The number of hydrogen-bond acceptors (Lipinski definition) is 4. The van der Waals surface area contributed by atoms with Gasteiger partial charge in [-0.05, 0) is 57.3 Å². The van der Waals surface area contributed by atoms with Crippen LogP contribution >= 0.6 is 0 Å². The predicted molar refractivity (Wildman–Crippen MR) is 91.3 cm³/mol. The zero-order chi connectivity index (χ0) is 16.5. The molecule has 0 bridgehead atoms. The fourth-order valence-corrected chi connectivity index (χ4v) is 4.08. The van der Waals surface area contributed by atoms with Crippen LogP contribution in [0.2, 0.25) is 0 Å². The maximum Gasteiger partial charge on any atom is 0.267 e. The zero-order valence-electron chi connectivity index (χ0n) is 14.3. The van der Waals surface area contributed by atoms with Crippen molar-refractivity contribution in [3.05, 3.63) is 24.3 Å². The first-order valence-corrected chi connectivity index (χ1v) is 9.14. The van der Waals surface area contributed by atoms with Gasteiger partial charge in [0.15, 0.2) is 11.5 Å². The molecule has 3 aliphatic rings. The van der Waals surface area contributed by atoms with Crippen LogP contribution in [0, 0.1) is 5.92 Å². The van der Waals surface area contributed by atoms with Crippen molar-refractivity contribution in [2.45, 2.75) is 38.4 Å². The van der Waals surface area contributed by atoms with Gasteiger partial charge in [0.2, 0.25) is 6.10 Å². The summed E-state index contributed by atoms with van der Waals surface area (Å²) in [5, 5.41) is 0. The van der Waals surface area contributed by atoms with E-state index in [9.17, 15) is 4.79 Å². The summed E-state index contributed by atoms with van der Waals surface area (Å²) in [5.74, 6) is 2.06. The Bertz CT molecular complexity index is 600. The van der Waals surface area contributed by atoms with E-state index in [1.807, 2.05) is 36.1 Å². The Hall–Kier alpha value is -1.75. The first-order valence-electron chi connectivity index (χ1n) is 9.14. The van der Waals surface area contributed by atoms with E-state index in [1.54, 1.807) is 0 Å². The quantitative estimate of drug-likeness (QED) is 0.852. The smallest absolute Gasteiger partial charge is 0.267 e. The topological polar surface area (TPSA) is 42.0 Å². The number of benzene rings is 1. The van der Waals surface area contributed by atoms with Crippen LogP contribution in [0.1, 0.15) is 26.2 Å². The van der Waals surface area contributed by atoms with Gasteiger partial charge in [-0.1, -0.05) is 12.1 Å². The molecule has 0 aliphatic carbocycles. The number of carbonyl (C=O) groups excluding carboxylic acids is 1. The lowest BCUT2D eigenvalue weighted by Crippen LogP contribution is -2.50. The van der Waals surface area contributed by atoms with Crippen LogP contribution in [0.25, 0.3) is 0 Å². The van der Waals surface area contributed by atoms with Gasteiger partial charge < -0.3 is 19.3 Å². The first-order chi connectivity index (χ1) is 11.7. The Kier molecular flexibility index (Phi) is 4.35. The molecule has 0 radical (unpaired) electrons. The molecule has 0 saturated carbocycles. The molecule has 3 atom stereocenters. The number of ether oxygens (including phenoxy) is 2. The van der Waals surface area contributed by atoms with Crippen LogP contribution in [-0.2, 0) is 4.79 Å². The summed E-state index contributed by atoms with van der Waals surface area (Å²) in [7, 11) is 0. The molecule has 5 nitrogen and oxygen atoms in total. The molecule has 0 spiro atoms. The van der Waals surface area contributed by atoms with Crippen LogP contribution < -0.4 is 9.47 Å². The molecule has 0 N–H and O–H groups in total. The molecule has 3 heterocycles. The van der Waals surface area contributed by atoms with E-state index in [0.29, 0.717) is 11.7 Å². The van der Waals surface area contributed by atoms with Crippen LogP contribution in [0.15, 0.2) is 24.3 Å². The van der Waals surface area contributed by atoms with Crippen molar-refractivity contribution in [1.29, 1.82) is 0 Å². The molecule has 1 aromatic rings. The third kappa shape index (κ3) is 3.09. The van der Waals surface area contributed by atoms with Gasteiger partial charge in [-0.3, -0.25) is 4.79 Å². The molecular formula is C19H26N2O3. The summed E-state index contributed by atoms with van der Waals surface area (Å²) >= 11 is 0. The van der Waals surface area contributed by atoms with Gasteiger partial charge in [0.1, 0.15) is 6.10 Å². The fraction of sp³-hybridized carbons (Fsp3) is 0.632. The van der Waals surface area contributed by atoms with Gasteiger partial charge in [-0.2, -0.15) is 0 Å². The second-order valence-electron chi connectivity index (χ2n) is 7.25. The predicted octanol–water partition coefficient (Wildman–Crippen LogP) is 2.16. The summed E-state index contributed by atoms with van der Waals surface area (Å²) in [6.45, 7) is 7.17. The van der Waals surface area contributed by atoms with Crippen LogP contribution in [0.3, 0.4) is 0 Å². The Morgan fingerprint density at radius 2 is 1.83 bits per heavy atom. The van der Waals surface area contributed by atoms with E-state index in [0.717, 1.165) is 31.8 Å². The highest BCUT2D eigenvalue weighted by atomic mass is 16.6. The summed E-state index contributed by atoms with van der Waals surface area (Å²) in [6.07, 6.45) is 2.94. The average molecular weight is 330 g/mol. The van der Waals surface area contributed by atoms with Crippen LogP contribution in [0.5, 0.6) is 11.5 Å². The molecule has 1 aromatic carbocycles. The van der Waals surface area contributed by atoms with Gasteiger partial charge in [-0.25, -0.2) is 0 Å². The molecule has 1 amide bonds. The number of nitrogens with zero attached hydrogens (tertiary/aromatic N) is 2. The molecule has 3 aliphatic heterocycles. The molecule has 130 valence electrons. The van der Waals surface area contributed by atoms with Crippen molar-refractivity contribution < 1.29 is 14.3 Å². The molecule has 0 aromatic heterocycles. The highest BCUT2D eigenvalue weighted by Gasteiger charge is 2.39. The number of carbonyl (C=O) groups is 1. The summed E-state index contributed by atoms with van der Waals surface area (Å²) in [4.78, 5) is 17.4. The van der Waals surface area contributed by atoms with Gasteiger partial charge in [0.25, 0.3) is 5.91 Å². The Morgan fingerprint density at radius 3 is 2.58 bits per heavy atom. The minimum atomic E-state index is -0.537. The lowest BCUT2D eigenvalue weighted by atomic mass is 10.1. The minimum absolute atomic E-state index is 0.0703. The number of para-hydroxylation sites is 2. The van der Waals surface area contributed by atoms with Gasteiger partial charge in [0, 0.05) is 19.6 Å². The van der Waals surface area contributed by atoms with Gasteiger partial charge >= 0.3 is 0 Å². The lowest BCUT2D eigenvalue weighted by Gasteiger charge is -2.33. The first kappa shape index (κ1) is 15.8. The van der Waals surface area contributed by atoms with E-state index in [4.69, 9.17) is 9.47 Å². The van der Waals surface area contributed by atoms with Crippen molar-refractivity contribution in [1.82, 2.24) is 9.80 Å². The average Bonchev–Trinajstić information content (AvgIpc) is 3.26. The largest absolute Gasteiger partial charge is 0.482 e. The van der Waals surface area contributed by atoms with Crippen LogP contribution in [0.4, 0.5) is 0 Å². The highest BCUT2D eigenvalue weighted by Crippen LogP contribution is 2.34. The number of likely N-dealkylation sites (tertiary alicyclic amines) is 2. The zero-order valence-corrected chi connectivity index (χ0v) is 14.3. The highest BCUT2D eigenvalue weighted by molar-refractivity contribution is 5.82. The fourth-order valence-electron chi connectivity index (χ4n) is 4.08. The number of hydrogen-bond donors (Lipinski definition) is 0. The standard InChI is InChI=1S/C19H26N2O3/c1-14-18(24-17-7-3-2-6-16(17)23-14)19(22)21-11-8-15(13-21)12-20-9-4-5-10-20/h2-3,6-7,14-15,18H,4-5,8-13H2,1H3/t14-,15-,18+/m0/s1. The molecule has 2 saturated heterocycles. The van der Waals surface area contributed by atoms with E-state index in [-0.39, 0.29) is 12.0 Å². The van der Waals surface area contributed by atoms with Crippen molar-refractivity contribution in [3.63, 3.8) is 0 Å². The van der Waals surface area contributed by atoms with Gasteiger partial charge in [0.05, 0.1) is 0 Å². The second kappa shape index (κ2) is 6.63. The third-order valence-electron chi connectivity index (χ3n) is 5.40. The molecule has 5 heteroatoms. The van der Waals surface area contributed by atoms with Crippen molar-refractivity contribution in [2.24, 2.45) is 5.92 Å². The molecule has 24 heavy (non-hydrogen) atoms. The molecule has 2 fully saturated rings. The Balaban J connectivity index is 1.37. The summed E-state index contributed by atoms with van der Waals surface area (Å²) in [5.41, 5.74) is 0. The van der Waals surface area contributed by atoms with Crippen molar-refractivity contribution in [3.8, 4) is 11.5 Å². The van der Waals surface area contributed by atoms with E-state index >= 15 is 0 Å². The Labute approximate surface area is 143 Å². The van der Waals surface area contributed by atoms with Crippen LogP contribution in [-0.4, -0.2) is 60.6 Å². The van der Waals surface area contributed by atoms with Gasteiger partial charge in [-0.15, -0.1) is 0 Å². The van der Waals surface area contributed by atoms with E-state index < -0.39 is 6.10 Å². The molecule has 0 unspecified atom stereocenters. The van der Waals surface area contributed by atoms with E-state index in [2.05, 4.69) is 4.90 Å². The van der Waals surface area contributed by atoms with Crippen molar-refractivity contribution in [2.75, 3.05) is 32.7 Å². The SMILES string of the molecule is C[C@@H]1Oc2ccccc2O[C@H]1C(=O)N1CC[C@@H](CN2CCCC2)C1. The second-order valence-corrected chi connectivity index (χ2v) is 7.25. The maximum atomic E-state index is 12.9.